The van der Waals surface area contributed by atoms with E-state index in [-0.39, 0.29) is 0 Å². The van der Waals surface area contributed by atoms with Crippen LogP contribution >= 0.6 is 11.6 Å². The first-order chi connectivity index (χ1) is 12.7. The molecule has 1 aromatic carbocycles. The van der Waals surface area contributed by atoms with Gasteiger partial charge in [0.05, 0.1) is 6.54 Å². The second kappa shape index (κ2) is 9.01. The van der Waals surface area contributed by atoms with Crippen molar-refractivity contribution in [2.75, 3.05) is 6.54 Å². The highest BCUT2D eigenvalue weighted by Gasteiger charge is 2.02. The van der Waals surface area contributed by atoms with E-state index < -0.39 is 0 Å². The Morgan fingerprint density at radius 2 is 2.08 bits per heavy atom. The van der Waals surface area contributed by atoms with E-state index in [4.69, 9.17) is 11.6 Å². The molecule has 2 aromatic heterocycles. The van der Waals surface area contributed by atoms with Crippen LogP contribution in [0, 0.1) is 0 Å². The Balaban J connectivity index is 1.65. The lowest BCUT2D eigenvalue weighted by atomic mass is 10.2. The van der Waals surface area contributed by atoms with Gasteiger partial charge in [0, 0.05) is 36.7 Å². The van der Waals surface area contributed by atoms with Gasteiger partial charge in [-0.2, -0.15) is 0 Å². The van der Waals surface area contributed by atoms with Crippen molar-refractivity contribution in [3.05, 3.63) is 77.5 Å². The van der Waals surface area contributed by atoms with E-state index in [9.17, 15) is 0 Å². The summed E-state index contributed by atoms with van der Waals surface area (Å²) >= 11 is 6.03. The van der Waals surface area contributed by atoms with Gasteiger partial charge in [-0.15, -0.1) is 0 Å². The molecule has 2 N–H and O–H groups in total. The van der Waals surface area contributed by atoms with Gasteiger partial charge >= 0.3 is 0 Å². The number of hydrogen-bond acceptors (Lipinski definition) is 3. The fourth-order valence-electron chi connectivity index (χ4n) is 2.44. The Kier molecular flexibility index (Phi) is 6.22. The molecule has 0 aliphatic heterocycles. The van der Waals surface area contributed by atoms with E-state index in [2.05, 4.69) is 25.6 Å². The Bertz CT molecular complexity index is 860. The number of imidazole rings is 1. The first kappa shape index (κ1) is 17.9. The van der Waals surface area contributed by atoms with Gasteiger partial charge in [-0.1, -0.05) is 23.7 Å². The fourth-order valence-corrected chi connectivity index (χ4v) is 2.65. The lowest BCUT2D eigenvalue weighted by Crippen LogP contribution is -2.36. The van der Waals surface area contributed by atoms with Crippen LogP contribution in [0.4, 0.5) is 0 Å². The zero-order valence-corrected chi connectivity index (χ0v) is 15.3. The molecule has 0 spiro atoms. The smallest absolute Gasteiger partial charge is 0.191 e. The van der Waals surface area contributed by atoms with Crippen LogP contribution in [-0.2, 0) is 13.1 Å². The maximum absolute atomic E-state index is 6.03. The first-order valence-electron chi connectivity index (χ1n) is 8.44. The van der Waals surface area contributed by atoms with Crippen molar-refractivity contribution >= 4 is 17.6 Å². The molecule has 7 heteroatoms. The predicted octanol–water partition coefficient (Wildman–Crippen LogP) is 3.18. The van der Waals surface area contributed by atoms with E-state index >= 15 is 0 Å². The van der Waals surface area contributed by atoms with Crippen LogP contribution in [0.15, 0.2) is 66.3 Å². The van der Waals surface area contributed by atoms with Crippen molar-refractivity contribution in [3.8, 4) is 5.82 Å². The molecule has 0 saturated heterocycles. The number of hydrogen-bond donors (Lipinski definition) is 2. The Morgan fingerprint density at radius 3 is 2.85 bits per heavy atom. The lowest BCUT2D eigenvalue weighted by molar-refractivity contribution is 0.813. The summed E-state index contributed by atoms with van der Waals surface area (Å²) in [6, 6.07) is 11.7. The number of aromatic nitrogens is 3. The van der Waals surface area contributed by atoms with Crippen LogP contribution < -0.4 is 10.6 Å². The number of rotatable bonds is 6. The largest absolute Gasteiger partial charge is 0.357 e. The third-order valence-electron chi connectivity index (χ3n) is 3.69. The molecule has 0 amide bonds. The number of guanidine groups is 1. The van der Waals surface area contributed by atoms with E-state index in [0.717, 1.165) is 34.5 Å². The van der Waals surface area contributed by atoms with Crippen molar-refractivity contribution in [3.63, 3.8) is 0 Å². The molecule has 0 unspecified atom stereocenters. The third kappa shape index (κ3) is 5.07. The molecule has 3 rings (SSSR count). The van der Waals surface area contributed by atoms with Crippen LogP contribution in [0.1, 0.15) is 18.1 Å². The average molecular weight is 369 g/mol. The van der Waals surface area contributed by atoms with Gasteiger partial charge in [-0.3, -0.25) is 4.57 Å². The fraction of sp³-hybridized carbons (Fsp3) is 0.211. The summed E-state index contributed by atoms with van der Waals surface area (Å²) < 4.78 is 1.88. The van der Waals surface area contributed by atoms with Crippen molar-refractivity contribution in [1.29, 1.82) is 0 Å². The Hall–Kier alpha value is -2.86. The molecule has 0 bridgehead atoms. The van der Waals surface area contributed by atoms with Crippen LogP contribution in [0.5, 0.6) is 0 Å². The molecular formula is C19H21ClN6. The highest BCUT2D eigenvalue weighted by Crippen LogP contribution is 2.11. The van der Waals surface area contributed by atoms with Gasteiger partial charge in [0.2, 0.25) is 0 Å². The molecule has 26 heavy (non-hydrogen) atoms. The molecule has 0 radical (unpaired) electrons. The van der Waals surface area contributed by atoms with E-state index in [0.29, 0.717) is 13.1 Å². The van der Waals surface area contributed by atoms with Gasteiger partial charge in [-0.25, -0.2) is 15.0 Å². The molecule has 3 aromatic rings. The van der Waals surface area contributed by atoms with E-state index in [1.54, 1.807) is 18.7 Å². The second-order valence-electron chi connectivity index (χ2n) is 5.67. The molecule has 0 aliphatic carbocycles. The predicted molar refractivity (Wildman–Crippen MR) is 104 cm³/mol. The van der Waals surface area contributed by atoms with Gasteiger partial charge in [0.15, 0.2) is 5.96 Å². The van der Waals surface area contributed by atoms with E-state index in [1.807, 2.05) is 54.1 Å². The first-order valence-corrected chi connectivity index (χ1v) is 8.82. The van der Waals surface area contributed by atoms with Crippen LogP contribution in [-0.4, -0.2) is 27.0 Å². The summed E-state index contributed by atoms with van der Waals surface area (Å²) in [7, 11) is 0. The van der Waals surface area contributed by atoms with Gasteiger partial charge in [0.25, 0.3) is 0 Å². The number of halogens is 1. The Labute approximate surface area is 158 Å². The molecule has 2 heterocycles. The van der Waals surface area contributed by atoms with Crippen LogP contribution in [0.3, 0.4) is 0 Å². The summed E-state index contributed by atoms with van der Waals surface area (Å²) in [6.45, 7) is 4.04. The minimum absolute atomic E-state index is 0.562. The van der Waals surface area contributed by atoms with Crippen molar-refractivity contribution < 1.29 is 0 Å². The molecule has 134 valence electrons. The third-order valence-corrected chi connectivity index (χ3v) is 3.93. The number of pyridine rings is 1. The zero-order chi connectivity index (χ0) is 18.2. The maximum Gasteiger partial charge on any atom is 0.191 e. The summed E-state index contributed by atoms with van der Waals surface area (Å²) in [4.78, 5) is 13.0. The van der Waals surface area contributed by atoms with Crippen LogP contribution in [0.2, 0.25) is 5.02 Å². The highest BCUT2D eigenvalue weighted by atomic mass is 35.5. The van der Waals surface area contributed by atoms with Gasteiger partial charge in [0.1, 0.15) is 12.1 Å². The molecular weight excluding hydrogens is 348 g/mol. The van der Waals surface area contributed by atoms with E-state index in [1.165, 1.54) is 0 Å². The van der Waals surface area contributed by atoms with Crippen LogP contribution in [0.25, 0.3) is 5.82 Å². The monoisotopic (exact) mass is 368 g/mol. The summed E-state index contributed by atoms with van der Waals surface area (Å²) in [5, 5.41) is 7.32. The summed E-state index contributed by atoms with van der Waals surface area (Å²) in [6.07, 6.45) is 7.13. The summed E-state index contributed by atoms with van der Waals surface area (Å²) in [5.41, 5.74) is 2.18. The Morgan fingerprint density at radius 1 is 1.15 bits per heavy atom. The van der Waals surface area contributed by atoms with Crippen molar-refractivity contribution in [2.24, 2.45) is 4.99 Å². The standard InChI is InChI=1S/C19H21ClN6/c1-2-22-19(24-12-15-4-3-5-17(20)10-15)25-13-16-6-7-23-18(11-16)26-9-8-21-14-26/h3-11,14H,2,12-13H2,1H3,(H2,22,24,25). The SMILES string of the molecule is CCNC(=NCc1cccc(Cl)c1)NCc1ccnc(-n2ccnc2)c1. The minimum Gasteiger partial charge on any atom is -0.357 e. The quantitative estimate of drug-likeness (QED) is 0.518. The minimum atomic E-state index is 0.562. The number of nitrogens with one attached hydrogen (secondary N) is 2. The van der Waals surface area contributed by atoms with Crippen molar-refractivity contribution in [1.82, 2.24) is 25.2 Å². The maximum atomic E-state index is 6.03. The molecule has 0 fully saturated rings. The number of aliphatic imine (C=N–C) groups is 1. The number of benzene rings is 1. The molecule has 0 saturated carbocycles. The number of nitrogens with zero attached hydrogens (tertiary/aromatic N) is 4. The lowest BCUT2D eigenvalue weighted by Gasteiger charge is -2.12. The molecule has 0 atom stereocenters. The highest BCUT2D eigenvalue weighted by molar-refractivity contribution is 6.30. The zero-order valence-electron chi connectivity index (χ0n) is 14.6. The topological polar surface area (TPSA) is 67.1 Å². The molecule has 6 nitrogen and oxygen atoms in total. The summed E-state index contributed by atoms with van der Waals surface area (Å²) in [5.74, 6) is 1.59. The van der Waals surface area contributed by atoms with Gasteiger partial charge in [-0.05, 0) is 42.3 Å². The second-order valence-corrected chi connectivity index (χ2v) is 6.11. The van der Waals surface area contributed by atoms with Gasteiger partial charge < -0.3 is 10.6 Å². The molecule has 0 aliphatic rings. The normalized spacial score (nSPS) is 11.4. The van der Waals surface area contributed by atoms with Crippen molar-refractivity contribution in [2.45, 2.75) is 20.0 Å². The average Bonchev–Trinajstić information content (AvgIpc) is 3.19.